The van der Waals surface area contributed by atoms with Gasteiger partial charge in [0.1, 0.15) is 0 Å². The van der Waals surface area contributed by atoms with Gasteiger partial charge in [-0.05, 0) is 30.2 Å². The number of thiazole rings is 1. The molecule has 2 aromatic heterocycles. The van der Waals surface area contributed by atoms with Gasteiger partial charge in [0.05, 0.1) is 13.1 Å². The smallest absolute Gasteiger partial charge is 0.318 e. The Morgan fingerprint density at radius 3 is 3.08 bits per heavy atom. The normalized spacial score (nSPS) is 13.5. The van der Waals surface area contributed by atoms with Crippen molar-refractivity contribution in [1.29, 1.82) is 0 Å². The molecule has 134 valence electrons. The zero-order valence-electron chi connectivity index (χ0n) is 13.7. The highest BCUT2D eigenvalue weighted by Crippen LogP contribution is 2.29. The maximum absolute atomic E-state index is 12.4. The maximum atomic E-state index is 12.4. The Bertz CT molecular complexity index is 969. The highest BCUT2D eigenvalue weighted by molar-refractivity contribution is 7.13. The number of carbonyl (C=O) groups is 2. The molecule has 3 heterocycles. The summed E-state index contributed by atoms with van der Waals surface area (Å²) in [7, 11) is 0. The zero-order chi connectivity index (χ0) is 18.1. The molecule has 3 amide bonds. The van der Waals surface area contributed by atoms with Crippen LogP contribution in [0.5, 0.6) is 0 Å². The van der Waals surface area contributed by atoms with Crippen molar-refractivity contribution in [3.05, 3.63) is 46.1 Å². The molecule has 1 aromatic carbocycles. The molecule has 7 nitrogen and oxygen atoms in total. The number of aromatic nitrogens is 2. The Labute approximate surface area is 158 Å². The number of fused-ring (bicyclic) bond motifs is 3. The van der Waals surface area contributed by atoms with E-state index in [1.165, 1.54) is 16.9 Å². The number of H-pyrrole nitrogens is 1. The molecule has 3 N–H and O–H groups in total. The molecule has 0 bridgehead atoms. The highest BCUT2D eigenvalue weighted by atomic mass is 35.5. The van der Waals surface area contributed by atoms with E-state index in [1.54, 1.807) is 16.5 Å². The fourth-order valence-corrected chi connectivity index (χ4v) is 3.82. The van der Waals surface area contributed by atoms with Crippen molar-refractivity contribution in [2.45, 2.75) is 13.0 Å². The summed E-state index contributed by atoms with van der Waals surface area (Å²) in [6.07, 6.45) is 2.35. The summed E-state index contributed by atoms with van der Waals surface area (Å²) in [4.78, 5) is 33.2. The average Bonchev–Trinajstić information content (AvgIpc) is 3.26. The van der Waals surface area contributed by atoms with Gasteiger partial charge in [-0.2, -0.15) is 0 Å². The second-order valence-electron chi connectivity index (χ2n) is 5.99. The summed E-state index contributed by atoms with van der Waals surface area (Å²) in [6, 6.07) is 5.48. The Hall–Kier alpha value is -2.58. The van der Waals surface area contributed by atoms with Crippen LogP contribution in [0.4, 0.5) is 9.93 Å². The lowest BCUT2D eigenvalue weighted by Gasteiger charge is -2.27. The van der Waals surface area contributed by atoms with Gasteiger partial charge in [-0.1, -0.05) is 11.6 Å². The SMILES string of the molecule is O=C(CNC(=O)N1CCc2c([nH]c3ccc(Cl)cc23)C1)Nc1nccs1. The molecule has 3 aromatic rings. The molecule has 0 radical (unpaired) electrons. The number of aromatic amines is 1. The van der Waals surface area contributed by atoms with Crippen LogP contribution in [0.2, 0.25) is 5.02 Å². The van der Waals surface area contributed by atoms with Crippen LogP contribution >= 0.6 is 22.9 Å². The summed E-state index contributed by atoms with van der Waals surface area (Å²) >= 11 is 7.42. The lowest BCUT2D eigenvalue weighted by Crippen LogP contribution is -2.45. The van der Waals surface area contributed by atoms with Gasteiger partial charge < -0.3 is 20.5 Å². The largest absolute Gasteiger partial charge is 0.357 e. The second-order valence-corrected chi connectivity index (χ2v) is 7.32. The number of urea groups is 1. The Kier molecular flexibility index (Phi) is 4.52. The molecule has 0 spiro atoms. The third kappa shape index (κ3) is 3.38. The molecule has 0 atom stereocenters. The number of nitrogens with one attached hydrogen (secondary N) is 3. The van der Waals surface area contributed by atoms with E-state index in [9.17, 15) is 9.59 Å². The molecular formula is C17H16ClN5O2S. The highest BCUT2D eigenvalue weighted by Gasteiger charge is 2.24. The first kappa shape index (κ1) is 16.9. The van der Waals surface area contributed by atoms with Crippen molar-refractivity contribution in [2.24, 2.45) is 0 Å². The van der Waals surface area contributed by atoms with E-state index >= 15 is 0 Å². The van der Waals surface area contributed by atoms with Gasteiger partial charge in [0.25, 0.3) is 0 Å². The van der Waals surface area contributed by atoms with Crippen LogP contribution in [0.1, 0.15) is 11.3 Å². The Morgan fingerprint density at radius 2 is 2.27 bits per heavy atom. The topological polar surface area (TPSA) is 90.1 Å². The molecule has 1 aliphatic rings. The standard InChI is InChI=1S/C17H16ClN5O2S/c18-10-1-2-13-12(7-10)11-3-5-23(9-14(11)21-13)17(25)20-8-15(24)22-16-19-4-6-26-16/h1-2,4,6-7,21H,3,5,8-9H2,(H,20,25)(H,19,22,24). The van der Waals surface area contributed by atoms with Gasteiger partial charge >= 0.3 is 6.03 Å². The first-order chi connectivity index (χ1) is 12.6. The summed E-state index contributed by atoms with van der Waals surface area (Å²) in [6.45, 7) is 0.970. The quantitative estimate of drug-likeness (QED) is 0.643. The number of hydrogen-bond donors (Lipinski definition) is 3. The van der Waals surface area contributed by atoms with Crippen molar-refractivity contribution < 1.29 is 9.59 Å². The minimum atomic E-state index is -0.300. The van der Waals surface area contributed by atoms with Gasteiger partial charge in [-0.15, -0.1) is 11.3 Å². The number of anilines is 1. The molecule has 9 heteroatoms. The number of benzene rings is 1. The fourth-order valence-electron chi connectivity index (χ4n) is 3.10. The van der Waals surface area contributed by atoms with E-state index in [-0.39, 0.29) is 18.5 Å². The van der Waals surface area contributed by atoms with Crippen molar-refractivity contribution in [3.63, 3.8) is 0 Å². The van der Waals surface area contributed by atoms with E-state index in [2.05, 4.69) is 20.6 Å². The van der Waals surface area contributed by atoms with Crippen LogP contribution in [0.15, 0.2) is 29.8 Å². The van der Waals surface area contributed by atoms with E-state index < -0.39 is 0 Å². The minimum Gasteiger partial charge on any atom is -0.357 e. The summed E-state index contributed by atoms with van der Waals surface area (Å²) in [5.74, 6) is -0.300. The van der Waals surface area contributed by atoms with Gasteiger partial charge in [0, 0.05) is 39.7 Å². The van der Waals surface area contributed by atoms with Crippen LogP contribution in [0.25, 0.3) is 10.9 Å². The number of amides is 3. The van der Waals surface area contributed by atoms with Gasteiger partial charge in [0.2, 0.25) is 5.91 Å². The predicted molar refractivity (Wildman–Crippen MR) is 102 cm³/mol. The maximum Gasteiger partial charge on any atom is 0.318 e. The van der Waals surface area contributed by atoms with E-state index in [4.69, 9.17) is 11.6 Å². The monoisotopic (exact) mass is 389 g/mol. The van der Waals surface area contributed by atoms with Crippen LogP contribution in [0, 0.1) is 0 Å². The Morgan fingerprint density at radius 1 is 1.38 bits per heavy atom. The number of rotatable bonds is 3. The first-order valence-corrected chi connectivity index (χ1v) is 9.37. The molecule has 26 heavy (non-hydrogen) atoms. The van der Waals surface area contributed by atoms with Crippen molar-refractivity contribution >= 4 is 50.9 Å². The molecule has 0 fully saturated rings. The van der Waals surface area contributed by atoms with Crippen LogP contribution in [0.3, 0.4) is 0 Å². The van der Waals surface area contributed by atoms with Gasteiger partial charge in [0.15, 0.2) is 5.13 Å². The predicted octanol–water partition coefficient (Wildman–Crippen LogP) is 2.98. The van der Waals surface area contributed by atoms with Gasteiger partial charge in [-0.3, -0.25) is 4.79 Å². The molecule has 0 aliphatic carbocycles. The van der Waals surface area contributed by atoms with E-state index in [0.717, 1.165) is 23.0 Å². The van der Waals surface area contributed by atoms with Crippen molar-refractivity contribution in [2.75, 3.05) is 18.4 Å². The van der Waals surface area contributed by atoms with Crippen LogP contribution in [-0.2, 0) is 17.8 Å². The molecule has 0 unspecified atom stereocenters. The summed E-state index contributed by atoms with van der Waals surface area (Å²) < 4.78 is 0. The molecule has 0 saturated carbocycles. The molecule has 0 saturated heterocycles. The summed E-state index contributed by atoms with van der Waals surface area (Å²) in [5, 5.41) is 9.39. The van der Waals surface area contributed by atoms with Crippen LogP contribution < -0.4 is 10.6 Å². The second kappa shape index (κ2) is 6.97. The lowest BCUT2D eigenvalue weighted by atomic mass is 10.0. The summed E-state index contributed by atoms with van der Waals surface area (Å²) in [5.41, 5.74) is 3.23. The number of nitrogens with zero attached hydrogens (tertiary/aromatic N) is 2. The molecular weight excluding hydrogens is 374 g/mol. The molecule has 4 rings (SSSR count). The number of carbonyl (C=O) groups excluding carboxylic acids is 2. The van der Waals surface area contributed by atoms with E-state index in [1.807, 2.05) is 18.2 Å². The fraction of sp³-hybridized carbons (Fsp3) is 0.235. The zero-order valence-corrected chi connectivity index (χ0v) is 15.3. The minimum absolute atomic E-state index is 0.0932. The third-order valence-corrected chi connectivity index (χ3v) is 5.23. The van der Waals surface area contributed by atoms with Crippen molar-refractivity contribution in [3.8, 4) is 0 Å². The third-order valence-electron chi connectivity index (χ3n) is 4.30. The first-order valence-electron chi connectivity index (χ1n) is 8.11. The van der Waals surface area contributed by atoms with E-state index in [0.29, 0.717) is 23.2 Å². The molecule has 1 aliphatic heterocycles. The average molecular weight is 390 g/mol. The van der Waals surface area contributed by atoms with Crippen molar-refractivity contribution in [1.82, 2.24) is 20.2 Å². The number of halogens is 1. The lowest BCUT2D eigenvalue weighted by molar-refractivity contribution is -0.115. The number of hydrogen-bond acceptors (Lipinski definition) is 4. The van der Waals surface area contributed by atoms with Gasteiger partial charge in [-0.25, -0.2) is 9.78 Å². The van der Waals surface area contributed by atoms with Crippen LogP contribution in [-0.4, -0.2) is 39.9 Å². The Balaban J connectivity index is 1.38.